The first-order valence-electron chi connectivity index (χ1n) is 5.14. The standard InChI is InChI=1S/C10H13BrN2O3S/c11-7-1-2-9(12)10(5-7)17(15,16)13-4-3-8(14)6-13/h1-2,5,8,14H,3-4,6,12H2. The van der Waals surface area contributed by atoms with Crippen molar-refractivity contribution in [3.05, 3.63) is 22.7 Å². The molecule has 5 nitrogen and oxygen atoms in total. The fraction of sp³-hybridized carbons (Fsp3) is 0.400. The average molecular weight is 321 g/mol. The number of rotatable bonds is 2. The number of aliphatic hydroxyl groups is 1. The topological polar surface area (TPSA) is 83.6 Å². The molecule has 3 N–H and O–H groups in total. The van der Waals surface area contributed by atoms with Gasteiger partial charge in [0.25, 0.3) is 0 Å². The quantitative estimate of drug-likeness (QED) is 0.789. The molecule has 17 heavy (non-hydrogen) atoms. The SMILES string of the molecule is Nc1ccc(Br)cc1S(=O)(=O)N1CCC(O)C1. The van der Waals surface area contributed by atoms with Gasteiger partial charge in [-0.15, -0.1) is 0 Å². The second-order valence-electron chi connectivity index (χ2n) is 3.99. The predicted molar refractivity (Wildman–Crippen MR) is 67.9 cm³/mol. The average Bonchev–Trinajstić information content (AvgIpc) is 2.69. The molecule has 1 fully saturated rings. The maximum absolute atomic E-state index is 12.3. The summed E-state index contributed by atoms with van der Waals surface area (Å²) in [5.74, 6) is 0. The molecule has 1 saturated heterocycles. The molecular weight excluding hydrogens is 308 g/mol. The van der Waals surface area contributed by atoms with Crippen molar-refractivity contribution in [2.24, 2.45) is 0 Å². The Kier molecular flexibility index (Phi) is 3.44. The Morgan fingerprint density at radius 3 is 2.76 bits per heavy atom. The number of nitrogens with zero attached hydrogens (tertiary/aromatic N) is 1. The van der Waals surface area contributed by atoms with E-state index in [0.717, 1.165) is 0 Å². The van der Waals surface area contributed by atoms with Gasteiger partial charge in [-0.1, -0.05) is 15.9 Å². The van der Waals surface area contributed by atoms with Gasteiger partial charge in [0.2, 0.25) is 10.0 Å². The number of anilines is 1. The highest BCUT2D eigenvalue weighted by Crippen LogP contribution is 2.28. The van der Waals surface area contributed by atoms with Crippen LogP contribution in [0.1, 0.15) is 6.42 Å². The number of nitrogens with two attached hydrogens (primary N) is 1. The minimum absolute atomic E-state index is 0.0842. The van der Waals surface area contributed by atoms with Crippen LogP contribution in [-0.2, 0) is 10.0 Å². The van der Waals surface area contributed by atoms with Gasteiger partial charge in [0, 0.05) is 17.6 Å². The van der Waals surface area contributed by atoms with E-state index in [1.54, 1.807) is 12.1 Å². The zero-order chi connectivity index (χ0) is 12.6. The molecule has 7 heteroatoms. The molecule has 1 aliphatic heterocycles. The van der Waals surface area contributed by atoms with Crippen LogP contribution >= 0.6 is 15.9 Å². The molecule has 0 amide bonds. The summed E-state index contributed by atoms with van der Waals surface area (Å²) >= 11 is 3.22. The van der Waals surface area contributed by atoms with Gasteiger partial charge in [-0.25, -0.2) is 8.42 Å². The van der Waals surface area contributed by atoms with Crippen molar-refractivity contribution in [1.29, 1.82) is 0 Å². The third-order valence-corrected chi connectivity index (χ3v) is 5.13. The minimum atomic E-state index is -3.61. The van der Waals surface area contributed by atoms with Gasteiger partial charge >= 0.3 is 0 Å². The molecule has 0 radical (unpaired) electrons. The minimum Gasteiger partial charge on any atom is -0.398 e. The van der Waals surface area contributed by atoms with Gasteiger partial charge in [0.05, 0.1) is 11.8 Å². The van der Waals surface area contributed by atoms with E-state index in [2.05, 4.69) is 15.9 Å². The van der Waals surface area contributed by atoms with E-state index in [1.807, 2.05) is 0 Å². The Morgan fingerprint density at radius 2 is 2.18 bits per heavy atom. The highest BCUT2D eigenvalue weighted by atomic mass is 79.9. The van der Waals surface area contributed by atoms with E-state index in [1.165, 1.54) is 10.4 Å². The predicted octanol–water partition coefficient (Wildman–Crippen LogP) is 0.787. The molecule has 1 atom stereocenters. The van der Waals surface area contributed by atoms with Crippen molar-refractivity contribution in [1.82, 2.24) is 4.31 Å². The lowest BCUT2D eigenvalue weighted by Gasteiger charge is -2.17. The molecule has 0 spiro atoms. The van der Waals surface area contributed by atoms with Gasteiger partial charge in [-0.05, 0) is 24.6 Å². The van der Waals surface area contributed by atoms with Crippen LogP contribution in [0.15, 0.2) is 27.6 Å². The smallest absolute Gasteiger partial charge is 0.245 e. The molecular formula is C10H13BrN2O3S. The molecule has 0 saturated carbocycles. The second kappa shape index (κ2) is 4.56. The van der Waals surface area contributed by atoms with Crippen LogP contribution in [0, 0.1) is 0 Å². The lowest BCUT2D eigenvalue weighted by Crippen LogP contribution is -2.30. The van der Waals surface area contributed by atoms with E-state index < -0.39 is 16.1 Å². The number of hydrogen-bond acceptors (Lipinski definition) is 4. The largest absolute Gasteiger partial charge is 0.398 e. The molecule has 0 bridgehead atoms. The van der Waals surface area contributed by atoms with Crippen LogP contribution in [0.2, 0.25) is 0 Å². The van der Waals surface area contributed by atoms with Crippen molar-refractivity contribution in [2.45, 2.75) is 17.4 Å². The van der Waals surface area contributed by atoms with Gasteiger partial charge in [0.15, 0.2) is 0 Å². The second-order valence-corrected chi connectivity index (χ2v) is 6.81. The molecule has 1 unspecified atom stereocenters. The number of nitrogen functional groups attached to an aromatic ring is 1. The van der Waals surface area contributed by atoms with Crippen molar-refractivity contribution in [3.63, 3.8) is 0 Å². The normalized spacial score (nSPS) is 21.9. The highest BCUT2D eigenvalue weighted by molar-refractivity contribution is 9.10. The Bertz CT molecular complexity index is 532. The number of aliphatic hydroxyl groups excluding tert-OH is 1. The maximum atomic E-state index is 12.3. The summed E-state index contributed by atoms with van der Waals surface area (Å²) in [4.78, 5) is 0.0842. The van der Waals surface area contributed by atoms with Gasteiger partial charge in [0.1, 0.15) is 4.90 Å². The van der Waals surface area contributed by atoms with Crippen LogP contribution in [0.5, 0.6) is 0 Å². The molecule has 1 aliphatic rings. The molecule has 94 valence electrons. The molecule has 0 aromatic heterocycles. The van der Waals surface area contributed by atoms with Crippen LogP contribution in [0.4, 0.5) is 5.69 Å². The Hall–Kier alpha value is -0.630. The lowest BCUT2D eigenvalue weighted by molar-refractivity contribution is 0.189. The van der Waals surface area contributed by atoms with Gasteiger partial charge < -0.3 is 10.8 Å². The van der Waals surface area contributed by atoms with E-state index in [0.29, 0.717) is 17.4 Å². The summed E-state index contributed by atoms with van der Waals surface area (Å²) in [5.41, 5.74) is 5.91. The summed E-state index contributed by atoms with van der Waals surface area (Å²) in [6.07, 6.45) is -0.120. The van der Waals surface area contributed by atoms with Crippen molar-refractivity contribution in [3.8, 4) is 0 Å². The third-order valence-electron chi connectivity index (χ3n) is 2.72. The molecule has 1 aromatic carbocycles. The van der Waals surface area contributed by atoms with E-state index >= 15 is 0 Å². The van der Waals surface area contributed by atoms with E-state index in [4.69, 9.17) is 5.73 Å². The number of benzene rings is 1. The monoisotopic (exact) mass is 320 g/mol. The third kappa shape index (κ3) is 2.47. The number of hydrogen-bond donors (Lipinski definition) is 2. The van der Waals surface area contributed by atoms with Crippen molar-refractivity contribution >= 4 is 31.6 Å². The fourth-order valence-corrected chi connectivity index (χ4v) is 3.95. The zero-order valence-electron chi connectivity index (χ0n) is 9.01. The summed E-state index contributed by atoms with van der Waals surface area (Å²) in [6, 6.07) is 4.71. The summed E-state index contributed by atoms with van der Waals surface area (Å²) in [7, 11) is -3.61. The summed E-state index contributed by atoms with van der Waals surface area (Å²) in [5, 5.41) is 9.39. The number of halogens is 1. The van der Waals surface area contributed by atoms with Crippen LogP contribution in [-0.4, -0.2) is 37.0 Å². The van der Waals surface area contributed by atoms with Crippen LogP contribution in [0.25, 0.3) is 0 Å². The number of sulfonamides is 1. The van der Waals surface area contributed by atoms with Crippen LogP contribution < -0.4 is 5.73 Å². The summed E-state index contributed by atoms with van der Waals surface area (Å²) < 4.78 is 26.5. The molecule has 2 rings (SSSR count). The zero-order valence-corrected chi connectivity index (χ0v) is 11.4. The van der Waals surface area contributed by atoms with Crippen LogP contribution in [0.3, 0.4) is 0 Å². The first kappa shape index (κ1) is 12.8. The Balaban J connectivity index is 2.41. The van der Waals surface area contributed by atoms with Crippen molar-refractivity contribution < 1.29 is 13.5 Å². The Morgan fingerprint density at radius 1 is 1.47 bits per heavy atom. The van der Waals surface area contributed by atoms with E-state index in [9.17, 15) is 13.5 Å². The lowest BCUT2D eigenvalue weighted by atomic mass is 10.3. The van der Waals surface area contributed by atoms with Gasteiger partial charge in [-0.3, -0.25) is 0 Å². The summed E-state index contributed by atoms with van der Waals surface area (Å²) in [6.45, 7) is 0.462. The molecule has 1 aromatic rings. The first-order chi connectivity index (χ1) is 7.91. The molecule has 0 aliphatic carbocycles. The Labute approximate surface area is 108 Å². The van der Waals surface area contributed by atoms with E-state index in [-0.39, 0.29) is 17.1 Å². The first-order valence-corrected chi connectivity index (χ1v) is 7.38. The fourth-order valence-electron chi connectivity index (χ4n) is 1.80. The van der Waals surface area contributed by atoms with Gasteiger partial charge in [-0.2, -0.15) is 4.31 Å². The maximum Gasteiger partial charge on any atom is 0.245 e. The van der Waals surface area contributed by atoms with Crippen molar-refractivity contribution in [2.75, 3.05) is 18.8 Å². The highest BCUT2D eigenvalue weighted by Gasteiger charge is 2.32. The number of β-amino-alcohol motifs (C(OH)–C–C–N with tert-alkyl or cyclic N) is 1. The molecule has 1 heterocycles.